The summed E-state index contributed by atoms with van der Waals surface area (Å²) in [7, 11) is -1.71. The van der Waals surface area contributed by atoms with Crippen molar-refractivity contribution in [2.24, 2.45) is 0 Å². The molecule has 0 bridgehead atoms. The maximum atomic E-state index is 11.4. The summed E-state index contributed by atoms with van der Waals surface area (Å²) in [5.74, 6) is -0.368. The molecule has 0 saturated heterocycles. The summed E-state index contributed by atoms with van der Waals surface area (Å²) in [6.07, 6.45) is 1.20. The van der Waals surface area contributed by atoms with Crippen LogP contribution in [0.3, 0.4) is 0 Å². The highest BCUT2D eigenvalue weighted by Gasteiger charge is 2.11. The SMILES string of the molecule is COC(=O)c1cc2cc(CS(C)(=O)=O)ccc2s1. The average Bonchev–Trinajstić information content (AvgIpc) is 2.68. The molecule has 2 aromatic rings. The lowest BCUT2D eigenvalue weighted by molar-refractivity contribution is 0.0606. The van der Waals surface area contributed by atoms with Crippen molar-refractivity contribution in [2.75, 3.05) is 13.4 Å². The van der Waals surface area contributed by atoms with Gasteiger partial charge in [0, 0.05) is 11.0 Å². The van der Waals surface area contributed by atoms with Crippen molar-refractivity contribution < 1.29 is 17.9 Å². The summed E-state index contributed by atoms with van der Waals surface area (Å²) < 4.78 is 28.0. The molecule has 0 aliphatic rings. The van der Waals surface area contributed by atoms with Gasteiger partial charge in [0.2, 0.25) is 0 Å². The number of carbonyl (C=O) groups is 1. The van der Waals surface area contributed by atoms with E-state index in [0.717, 1.165) is 15.6 Å². The molecular weight excluding hydrogens is 272 g/mol. The van der Waals surface area contributed by atoms with Crippen LogP contribution in [0.2, 0.25) is 0 Å². The van der Waals surface area contributed by atoms with Crippen molar-refractivity contribution in [1.29, 1.82) is 0 Å². The van der Waals surface area contributed by atoms with E-state index >= 15 is 0 Å². The van der Waals surface area contributed by atoms with Crippen LogP contribution < -0.4 is 0 Å². The largest absolute Gasteiger partial charge is 0.465 e. The summed E-state index contributed by atoms with van der Waals surface area (Å²) in [6, 6.07) is 7.10. The van der Waals surface area contributed by atoms with Gasteiger partial charge < -0.3 is 4.74 Å². The van der Waals surface area contributed by atoms with E-state index in [1.54, 1.807) is 18.2 Å². The number of thiophene rings is 1. The molecule has 0 radical (unpaired) electrons. The predicted octanol–water partition coefficient (Wildman–Crippen LogP) is 2.23. The summed E-state index contributed by atoms with van der Waals surface area (Å²) in [6.45, 7) is 0. The number of carbonyl (C=O) groups excluding carboxylic acids is 1. The molecule has 0 aliphatic carbocycles. The Hall–Kier alpha value is -1.40. The molecule has 1 aromatic carbocycles. The molecule has 2 rings (SSSR count). The summed E-state index contributed by atoms with van der Waals surface area (Å²) >= 11 is 1.33. The molecular formula is C12H12O4S2. The van der Waals surface area contributed by atoms with Crippen LogP contribution in [0, 0.1) is 0 Å². The number of hydrogen-bond acceptors (Lipinski definition) is 5. The molecule has 4 nitrogen and oxygen atoms in total. The normalized spacial score (nSPS) is 11.7. The Kier molecular flexibility index (Phi) is 3.41. The predicted molar refractivity (Wildman–Crippen MR) is 71.7 cm³/mol. The first-order chi connectivity index (χ1) is 8.39. The highest BCUT2D eigenvalue weighted by Crippen LogP contribution is 2.27. The molecule has 0 atom stereocenters. The molecule has 6 heteroatoms. The lowest BCUT2D eigenvalue weighted by atomic mass is 10.2. The Morgan fingerprint density at radius 1 is 1.33 bits per heavy atom. The van der Waals surface area contributed by atoms with Crippen LogP contribution >= 0.6 is 11.3 Å². The minimum atomic E-state index is -3.05. The zero-order valence-corrected chi connectivity index (χ0v) is 11.6. The lowest BCUT2D eigenvalue weighted by Crippen LogP contribution is -2.00. The number of hydrogen-bond donors (Lipinski definition) is 0. The molecule has 1 heterocycles. The summed E-state index contributed by atoms with van der Waals surface area (Å²) in [4.78, 5) is 11.9. The van der Waals surface area contributed by atoms with E-state index in [9.17, 15) is 13.2 Å². The van der Waals surface area contributed by atoms with E-state index in [1.165, 1.54) is 24.7 Å². The summed E-state index contributed by atoms with van der Waals surface area (Å²) in [5, 5.41) is 0.863. The van der Waals surface area contributed by atoms with Gasteiger partial charge in [0.05, 0.1) is 12.9 Å². The van der Waals surface area contributed by atoms with Crippen LogP contribution in [0.25, 0.3) is 10.1 Å². The highest BCUT2D eigenvalue weighted by molar-refractivity contribution is 7.89. The molecule has 0 saturated carbocycles. The number of esters is 1. The number of benzene rings is 1. The highest BCUT2D eigenvalue weighted by atomic mass is 32.2. The first-order valence-corrected chi connectivity index (χ1v) is 8.05. The van der Waals surface area contributed by atoms with Crippen LogP contribution in [0.15, 0.2) is 24.3 Å². The summed E-state index contributed by atoms with van der Waals surface area (Å²) in [5.41, 5.74) is 0.721. The fourth-order valence-corrected chi connectivity index (χ4v) is 3.43. The first-order valence-electron chi connectivity index (χ1n) is 5.17. The van der Waals surface area contributed by atoms with Crippen LogP contribution in [0.1, 0.15) is 15.2 Å². The fraction of sp³-hybridized carbons (Fsp3) is 0.250. The topological polar surface area (TPSA) is 60.4 Å². The van der Waals surface area contributed by atoms with Gasteiger partial charge in [-0.15, -0.1) is 11.3 Å². The lowest BCUT2D eigenvalue weighted by Gasteiger charge is -1.98. The number of methoxy groups -OCH3 is 1. The Morgan fingerprint density at radius 3 is 2.67 bits per heavy atom. The molecule has 18 heavy (non-hydrogen) atoms. The van der Waals surface area contributed by atoms with Gasteiger partial charge in [-0.1, -0.05) is 6.07 Å². The number of sulfone groups is 1. The molecule has 0 unspecified atom stereocenters. The average molecular weight is 284 g/mol. The fourth-order valence-electron chi connectivity index (χ4n) is 1.69. The molecule has 0 N–H and O–H groups in total. The minimum Gasteiger partial charge on any atom is -0.465 e. The second kappa shape index (κ2) is 4.70. The molecule has 96 valence electrons. The van der Waals surface area contributed by atoms with Gasteiger partial charge in [0.1, 0.15) is 4.88 Å². The van der Waals surface area contributed by atoms with E-state index in [2.05, 4.69) is 4.74 Å². The monoisotopic (exact) mass is 284 g/mol. The van der Waals surface area contributed by atoms with Crippen LogP contribution in [0.5, 0.6) is 0 Å². The van der Waals surface area contributed by atoms with Crippen molar-refractivity contribution in [3.8, 4) is 0 Å². The van der Waals surface area contributed by atoms with Crippen molar-refractivity contribution in [3.05, 3.63) is 34.7 Å². The second-order valence-electron chi connectivity index (χ2n) is 4.04. The Labute approximate surface area is 109 Å². The zero-order chi connectivity index (χ0) is 13.3. The maximum Gasteiger partial charge on any atom is 0.348 e. The van der Waals surface area contributed by atoms with Crippen LogP contribution in [-0.4, -0.2) is 27.8 Å². The van der Waals surface area contributed by atoms with Gasteiger partial charge in [0.15, 0.2) is 9.84 Å². The first kappa shape index (κ1) is 13.0. The van der Waals surface area contributed by atoms with E-state index in [1.807, 2.05) is 6.07 Å². The molecule has 1 aromatic heterocycles. The van der Waals surface area contributed by atoms with Crippen molar-refractivity contribution in [3.63, 3.8) is 0 Å². The van der Waals surface area contributed by atoms with Crippen molar-refractivity contribution in [1.82, 2.24) is 0 Å². The Bertz CT molecular complexity index is 698. The molecule has 0 amide bonds. The smallest absolute Gasteiger partial charge is 0.348 e. The van der Waals surface area contributed by atoms with Crippen LogP contribution in [-0.2, 0) is 20.3 Å². The van der Waals surface area contributed by atoms with Gasteiger partial charge in [-0.2, -0.15) is 0 Å². The number of fused-ring (bicyclic) bond motifs is 1. The zero-order valence-electron chi connectivity index (χ0n) is 9.97. The third-order valence-corrected chi connectivity index (χ3v) is 4.35. The van der Waals surface area contributed by atoms with E-state index in [4.69, 9.17) is 0 Å². The standard InChI is InChI=1S/C12H12O4S2/c1-16-12(13)11-6-9-5-8(7-18(2,14)15)3-4-10(9)17-11/h3-6H,7H2,1-2H3. The van der Waals surface area contributed by atoms with Gasteiger partial charge in [-0.05, 0) is 29.1 Å². The van der Waals surface area contributed by atoms with Crippen molar-refractivity contribution >= 4 is 37.2 Å². The minimum absolute atomic E-state index is 0.00629. The van der Waals surface area contributed by atoms with E-state index in [0.29, 0.717) is 4.88 Å². The maximum absolute atomic E-state index is 11.4. The number of ether oxygens (including phenoxy) is 1. The Morgan fingerprint density at radius 2 is 2.06 bits per heavy atom. The third kappa shape index (κ3) is 2.88. The van der Waals surface area contributed by atoms with E-state index < -0.39 is 9.84 Å². The van der Waals surface area contributed by atoms with Gasteiger partial charge in [0.25, 0.3) is 0 Å². The van der Waals surface area contributed by atoms with Gasteiger partial charge >= 0.3 is 5.97 Å². The van der Waals surface area contributed by atoms with Crippen LogP contribution in [0.4, 0.5) is 0 Å². The molecule has 0 spiro atoms. The van der Waals surface area contributed by atoms with Crippen molar-refractivity contribution in [2.45, 2.75) is 5.75 Å². The second-order valence-corrected chi connectivity index (χ2v) is 7.27. The van der Waals surface area contributed by atoms with Gasteiger partial charge in [-0.25, -0.2) is 13.2 Å². The van der Waals surface area contributed by atoms with E-state index in [-0.39, 0.29) is 11.7 Å². The molecule has 0 fully saturated rings. The van der Waals surface area contributed by atoms with Gasteiger partial charge in [-0.3, -0.25) is 0 Å². The Balaban J connectivity index is 2.42. The molecule has 0 aliphatic heterocycles. The quantitative estimate of drug-likeness (QED) is 0.811. The number of rotatable bonds is 3. The third-order valence-electron chi connectivity index (χ3n) is 2.40.